The van der Waals surface area contributed by atoms with Gasteiger partial charge in [0.15, 0.2) is 18.1 Å². The van der Waals surface area contributed by atoms with Gasteiger partial charge in [-0.2, -0.15) is 5.26 Å². The van der Waals surface area contributed by atoms with Gasteiger partial charge in [-0.3, -0.25) is 9.59 Å². The average molecular weight is 480 g/mol. The second-order valence-electron chi connectivity index (χ2n) is 7.12. The lowest BCUT2D eigenvalue weighted by molar-refractivity contribution is -0.119. The Bertz CT molecular complexity index is 1220. The maximum absolute atomic E-state index is 12.9. The molecule has 0 bridgehead atoms. The highest BCUT2D eigenvalue weighted by Gasteiger charge is 2.17. The zero-order chi connectivity index (χ0) is 24.5. The summed E-state index contributed by atoms with van der Waals surface area (Å²) in [4.78, 5) is 23.9. The van der Waals surface area contributed by atoms with Crippen LogP contribution in [0.4, 0.5) is 5.69 Å². The van der Waals surface area contributed by atoms with E-state index in [0.717, 1.165) is 11.1 Å². The molecule has 0 heterocycles. The summed E-state index contributed by atoms with van der Waals surface area (Å²) in [6, 6.07) is 19.5. The number of nitrogens with two attached hydrogens (primary N) is 1. The van der Waals surface area contributed by atoms with Gasteiger partial charge >= 0.3 is 0 Å². The summed E-state index contributed by atoms with van der Waals surface area (Å²) >= 11 is 6.25. The molecule has 0 unspecified atom stereocenters. The molecule has 174 valence electrons. The first-order valence-electron chi connectivity index (χ1n) is 10.2. The minimum atomic E-state index is -0.670. The quantitative estimate of drug-likeness (QED) is 0.451. The van der Waals surface area contributed by atoms with Crippen LogP contribution in [0.15, 0.2) is 60.7 Å². The first-order chi connectivity index (χ1) is 16.4. The van der Waals surface area contributed by atoms with Crippen molar-refractivity contribution in [3.8, 4) is 23.3 Å². The molecule has 0 atom stereocenters. The molecular weight excluding hydrogens is 458 g/mol. The van der Waals surface area contributed by atoms with Gasteiger partial charge in [-0.15, -0.1) is 0 Å². The highest BCUT2D eigenvalue weighted by atomic mass is 35.5. The van der Waals surface area contributed by atoms with Crippen LogP contribution in [0.3, 0.4) is 0 Å². The van der Waals surface area contributed by atoms with Crippen molar-refractivity contribution in [2.75, 3.05) is 19.0 Å². The van der Waals surface area contributed by atoms with Gasteiger partial charge in [0, 0.05) is 16.8 Å². The van der Waals surface area contributed by atoms with E-state index < -0.39 is 11.8 Å². The number of nitrogens with zero attached hydrogens (tertiary/aromatic N) is 1. The number of benzene rings is 3. The van der Waals surface area contributed by atoms with Crippen LogP contribution in [0.1, 0.15) is 21.5 Å². The summed E-state index contributed by atoms with van der Waals surface area (Å²) in [7, 11) is 1.39. The number of primary amides is 1. The van der Waals surface area contributed by atoms with Crippen molar-refractivity contribution in [3.63, 3.8) is 0 Å². The average Bonchev–Trinajstić information content (AvgIpc) is 2.83. The predicted octanol–water partition coefficient (Wildman–Crippen LogP) is 4.11. The van der Waals surface area contributed by atoms with E-state index in [9.17, 15) is 9.59 Å². The molecule has 3 rings (SSSR count). The molecule has 0 radical (unpaired) electrons. The number of para-hydroxylation sites is 1. The maximum Gasteiger partial charge on any atom is 0.255 e. The number of amides is 2. The highest BCUT2D eigenvalue weighted by molar-refractivity contribution is 6.32. The third-order valence-electron chi connectivity index (χ3n) is 4.72. The summed E-state index contributed by atoms with van der Waals surface area (Å²) in [6.07, 6.45) is 0.336. The predicted molar refractivity (Wildman–Crippen MR) is 127 cm³/mol. The Balaban J connectivity index is 1.73. The van der Waals surface area contributed by atoms with Gasteiger partial charge < -0.3 is 25.3 Å². The van der Waals surface area contributed by atoms with E-state index in [4.69, 9.17) is 36.8 Å². The number of nitriles is 1. The number of halogens is 1. The first kappa shape index (κ1) is 24.4. The van der Waals surface area contributed by atoms with Crippen molar-refractivity contribution >= 4 is 29.1 Å². The molecule has 0 fully saturated rings. The number of hydrogen-bond donors (Lipinski definition) is 2. The molecule has 3 aromatic carbocycles. The zero-order valence-electron chi connectivity index (χ0n) is 18.3. The summed E-state index contributed by atoms with van der Waals surface area (Å²) in [5.41, 5.74) is 7.57. The standard InChI is InChI=1S/C25H22ClN3O5/c1-32-22-13-18(12-20(26)24(22)34-15-23(28)30)25(31)29-21-5-3-2-4-17(21)14-33-19-8-6-16(7-9-19)10-11-27/h2-9,12-13H,10,14-15H2,1H3,(H2,28,30)(H,29,31). The molecule has 8 nitrogen and oxygen atoms in total. The van der Waals surface area contributed by atoms with E-state index >= 15 is 0 Å². The van der Waals surface area contributed by atoms with Crippen LogP contribution in [0, 0.1) is 11.3 Å². The van der Waals surface area contributed by atoms with Crippen LogP contribution in [-0.2, 0) is 17.8 Å². The highest BCUT2D eigenvalue weighted by Crippen LogP contribution is 2.36. The normalized spacial score (nSPS) is 10.1. The lowest BCUT2D eigenvalue weighted by Gasteiger charge is -2.15. The monoisotopic (exact) mass is 479 g/mol. The van der Waals surface area contributed by atoms with Crippen LogP contribution in [0.25, 0.3) is 0 Å². The fourth-order valence-corrected chi connectivity index (χ4v) is 3.32. The molecule has 3 N–H and O–H groups in total. The van der Waals surface area contributed by atoms with Gasteiger partial charge in [-0.1, -0.05) is 41.9 Å². The van der Waals surface area contributed by atoms with Crippen LogP contribution >= 0.6 is 11.6 Å². The fourth-order valence-electron chi connectivity index (χ4n) is 3.05. The van der Waals surface area contributed by atoms with Crippen LogP contribution in [-0.4, -0.2) is 25.5 Å². The maximum atomic E-state index is 12.9. The third kappa shape index (κ3) is 6.40. The smallest absolute Gasteiger partial charge is 0.255 e. The summed E-state index contributed by atoms with van der Waals surface area (Å²) in [5.74, 6) is -0.137. The molecule has 0 saturated heterocycles. The molecule has 0 aliphatic rings. The van der Waals surface area contributed by atoms with Crippen LogP contribution < -0.4 is 25.3 Å². The van der Waals surface area contributed by atoms with E-state index in [-0.39, 0.29) is 35.3 Å². The molecule has 0 aromatic heterocycles. The van der Waals surface area contributed by atoms with Gasteiger partial charge in [-0.25, -0.2) is 0 Å². The van der Waals surface area contributed by atoms with Gasteiger partial charge in [-0.05, 0) is 35.9 Å². The minimum Gasteiger partial charge on any atom is -0.493 e. The van der Waals surface area contributed by atoms with Crippen molar-refractivity contribution in [2.24, 2.45) is 5.73 Å². The number of methoxy groups -OCH3 is 1. The SMILES string of the molecule is COc1cc(C(=O)Nc2ccccc2COc2ccc(CC#N)cc2)cc(Cl)c1OCC(N)=O. The van der Waals surface area contributed by atoms with Crippen LogP contribution in [0.2, 0.25) is 5.02 Å². The van der Waals surface area contributed by atoms with Gasteiger partial charge in [0.05, 0.1) is 24.6 Å². The second-order valence-corrected chi connectivity index (χ2v) is 7.53. The topological polar surface area (TPSA) is 124 Å². The Labute approximate surface area is 201 Å². The third-order valence-corrected chi connectivity index (χ3v) is 5.00. The molecule has 34 heavy (non-hydrogen) atoms. The Morgan fingerprint density at radius 3 is 2.50 bits per heavy atom. The fraction of sp³-hybridized carbons (Fsp3) is 0.160. The lowest BCUT2D eigenvalue weighted by atomic mass is 10.1. The molecule has 9 heteroatoms. The molecule has 3 aromatic rings. The molecule has 0 spiro atoms. The first-order valence-corrected chi connectivity index (χ1v) is 10.6. The minimum absolute atomic E-state index is 0.0993. The van der Waals surface area contributed by atoms with Crippen molar-refractivity contribution in [3.05, 3.63) is 82.4 Å². The number of hydrogen-bond acceptors (Lipinski definition) is 6. The van der Waals surface area contributed by atoms with Gasteiger partial charge in [0.25, 0.3) is 11.8 Å². The van der Waals surface area contributed by atoms with Crippen molar-refractivity contribution in [1.29, 1.82) is 5.26 Å². The molecule has 0 aliphatic heterocycles. The molecular formula is C25H22ClN3O5. The lowest BCUT2D eigenvalue weighted by Crippen LogP contribution is -2.20. The Morgan fingerprint density at radius 2 is 1.82 bits per heavy atom. The molecule has 0 saturated carbocycles. The van der Waals surface area contributed by atoms with Crippen molar-refractivity contribution in [1.82, 2.24) is 0 Å². The number of ether oxygens (including phenoxy) is 3. The Kier molecular flexibility index (Phi) is 8.32. The Morgan fingerprint density at radius 1 is 1.09 bits per heavy atom. The Hall–Kier alpha value is -4.22. The number of anilines is 1. The van der Waals surface area contributed by atoms with E-state index in [1.165, 1.54) is 19.2 Å². The van der Waals surface area contributed by atoms with E-state index in [1.54, 1.807) is 24.3 Å². The number of carbonyl (C=O) groups is 2. The number of rotatable bonds is 10. The second kappa shape index (κ2) is 11.6. The van der Waals surface area contributed by atoms with Gasteiger partial charge in [0.1, 0.15) is 12.4 Å². The molecule has 2 amide bonds. The summed E-state index contributed by atoms with van der Waals surface area (Å²) < 4.78 is 16.4. The largest absolute Gasteiger partial charge is 0.493 e. The van der Waals surface area contributed by atoms with Crippen molar-refractivity contribution in [2.45, 2.75) is 13.0 Å². The van der Waals surface area contributed by atoms with E-state index in [2.05, 4.69) is 11.4 Å². The van der Waals surface area contributed by atoms with E-state index in [1.807, 2.05) is 24.3 Å². The summed E-state index contributed by atoms with van der Waals surface area (Å²) in [6.45, 7) is -0.159. The number of carbonyl (C=O) groups excluding carboxylic acids is 2. The summed E-state index contributed by atoms with van der Waals surface area (Å²) in [5, 5.41) is 11.7. The zero-order valence-corrected chi connectivity index (χ0v) is 19.1. The van der Waals surface area contributed by atoms with Crippen molar-refractivity contribution < 1.29 is 23.8 Å². The van der Waals surface area contributed by atoms with Gasteiger partial charge in [0.2, 0.25) is 0 Å². The molecule has 0 aliphatic carbocycles. The number of nitrogens with one attached hydrogen (secondary N) is 1. The van der Waals surface area contributed by atoms with E-state index in [0.29, 0.717) is 17.9 Å². The van der Waals surface area contributed by atoms with Crippen LogP contribution in [0.5, 0.6) is 17.2 Å².